The number of carbonyl (C=O) groups excluding carboxylic acids is 1. The molecule has 0 saturated carbocycles. The summed E-state index contributed by atoms with van der Waals surface area (Å²) in [5.74, 6) is 0.579. The van der Waals surface area contributed by atoms with E-state index >= 15 is 0 Å². The topological polar surface area (TPSA) is 73.0 Å². The van der Waals surface area contributed by atoms with Crippen LogP contribution in [-0.2, 0) is 13.6 Å². The van der Waals surface area contributed by atoms with Crippen molar-refractivity contribution in [3.8, 4) is 0 Å². The number of carbonyl (C=O) groups is 1. The van der Waals surface area contributed by atoms with Crippen LogP contribution in [0.1, 0.15) is 16.4 Å². The van der Waals surface area contributed by atoms with Gasteiger partial charge in [0.15, 0.2) is 11.6 Å². The minimum Gasteiger partial charge on any atom is -0.459 e. The van der Waals surface area contributed by atoms with Crippen molar-refractivity contribution in [2.45, 2.75) is 6.54 Å². The van der Waals surface area contributed by atoms with E-state index in [0.717, 1.165) is 0 Å². The second-order valence-corrected chi connectivity index (χ2v) is 2.99. The first-order chi connectivity index (χ1) is 7.25. The first-order valence-corrected chi connectivity index (χ1v) is 4.42. The smallest absolute Gasteiger partial charge is 0.287 e. The molecule has 2 rings (SSSR count). The molecular weight excluding hydrogens is 196 g/mol. The van der Waals surface area contributed by atoms with Crippen molar-refractivity contribution in [2.24, 2.45) is 7.05 Å². The van der Waals surface area contributed by atoms with Gasteiger partial charge in [-0.15, -0.1) is 0 Å². The lowest BCUT2D eigenvalue weighted by Crippen LogP contribution is -2.22. The Hall–Kier alpha value is -2.11. The van der Waals surface area contributed by atoms with Crippen LogP contribution in [0.25, 0.3) is 0 Å². The predicted molar refractivity (Wildman–Crippen MR) is 50.9 cm³/mol. The Morgan fingerprint density at radius 2 is 2.53 bits per heavy atom. The maximum Gasteiger partial charge on any atom is 0.287 e. The zero-order chi connectivity index (χ0) is 10.7. The summed E-state index contributed by atoms with van der Waals surface area (Å²) in [5.41, 5.74) is 0. The van der Waals surface area contributed by atoms with E-state index in [2.05, 4.69) is 15.4 Å². The number of amides is 1. The third-order valence-electron chi connectivity index (χ3n) is 1.80. The van der Waals surface area contributed by atoms with E-state index in [1.807, 2.05) is 0 Å². The molecule has 0 unspecified atom stereocenters. The largest absolute Gasteiger partial charge is 0.459 e. The molecule has 0 spiro atoms. The monoisotopic (exact) mass is 206 g/mol. The van der Waals surface area contributed by atoms with Gasteiger partial charge in [0.25, 0.3) is 5.91 Å². The van der Waals surface area contributed by atoms with Gasteiger partial charge in [-0.05, 0) is 12.1 Å². The van der Waals surface area contributed by atoms with Crippen molar-refractivity contribution >= 4 is 5.91 Å². The Balaban J connectivity index is 1.91. The van der Waals surface area contributed by atoms with E-state index in [-0.39, 0.29) is 11.7 Å². The predicted octanol–water partition coefficient (Wildman–Crippen LogP) is 0.338. The van der Waals surface area contributed by atoms with Gasteiger partial charge in [0.05, 0.1) is 12.8 Å². The third kappa shape index (κ3) is 2.22. The Morgan fingerprint density at radius 1 is 1.67 bits per heavy atom. The molecule has 0 saturated heterocycles. The summed E-state index contributed by atoms with van der Waals surface area (Å²) in [7, 11) is 1.77. The van der Waals surface area contributed by atoms with Crippen molar-refractivity contribution in [3.63, 3.8) is 0 Å². The van der Waals surface area contributed by atoms with Crippen LogP contribution in [0.15, 0.2) is 29.1 Å². The van der Waals surface area contributed by atoms with Crippen LogP contribution in [0, 0.1) is 0 Å². The van der Waals surface area contributed by atoms with Crippen molar-refractivity contribution in [1.82, 2.24) is 20.1 Å². The van der Waals surface area contributed by atoms with E-state index in [9.17, 15) is 4.79 Å². The molecule has 0 aromatic carbocycles. The molecule has 78 valence electrons. The molecule has 15 heavy (non-hydrogen) atoms. The summed E-state index contributed by atoms with van der Waals surface area (Å²) in [6.07, 6.45) is 3.03. The molecule has 6 heteroatoms. The van der Waals surface area contributed by atoms with Gasteiger partial charge in [0.2, 0.25) is 0 Å². The number of furan rings is 1. The van der Waals surface area contributed by atoms with Gasteiger partial charge in [0.1, 0.15) is 6.33 Å². The van der Waals surface area contributed by atoms with Gasteiger partial charge in [-0.3, -0.25) is 9.48 Å². The summed E-state index contributed by atoms with van der Waals surface area (Å²) in [6, 6.07) is 3.26. The molecule has 1 N–H and O–H groups in total. The van der Waals surface area contributed by atoms with Gasteiger partial charge in [-0.1, -0.05) is 0 Å². The fourth-order valence-corrected chi connectivity index (χ4v) is 1.12. The van der Waals surface area contributed by atoms with Crippen molar-refractivity contribution < 1.29 is 9.21 Å². The molecule has 0 radical (unpaired) electrons. The zero-order valence-electron chi connectivity index (χ0n) is 8.17. The minimum atomic E-state index is -0.271. The lowest BCUT2D eigenvalue weighted by Gasteiger charge is -1.98. The molecule has 0 atom stereocenters. The second-order valence-electron chi connectivity index (χ2n) is 2.99. The highest BCUT2D eigenvalue weighted by molar-refractivity contribution is 5.91. The van der Waals surface area contributed by atoms with Crippen LogP contribution < -0.4 is 5.32 Å². The van der Waals surface area contributed by atoms with Gasteiger partial charge in [0, 0.05) is 7.05 Å². The molecule has 2 aromatic heterocycles. The van der Waals surface area contributed by atoms with Crippen LogP contribution >= 0.6 is 0 Å². The second kappa shape index (κ2) is 3.95. The normalized spacial score (nSPS) is 10.2. The number of hydrogen-bond donors (Lipinski definition) is 1. The van der Waals surface area contributed by atoms with Crippen LogP contribution in [0.5, 0.6) is 0 Å². The first-order valence-electron chi connectivity index (χ1n) is 4.42. The maximum absolute atomic E-state index is 11.4. The lowest BCUT2D eigenvalue weighted by atomic mass is 10.4. The molecule has 6 nitrogen and oxygen atoms in total. The van der Waals surface area contributed by atoms with Gasteiger partial charge in [-0.25, -0.2) is 4.98 Å². The average Bonchev–Trinajstić information content (AvgIpc) is 2.84. The van der Waals surface area contributed by atoms with Crippen molar-refractivity contribution in [2.75, 3.05) is 0 Å². The summed E-state index contributed by atoms with van der Waals surface area (Å²) in [6.45, 7) is 0.292. The molecule has 0 bridgehead atoms. The molecule has 0 fully saturated rings. The third-order valence-corrected chi connectivity index (χ3v) is 1.80. The fraction of sp³-hybridized carbons (Fsp3) is 0.222. The summed E-state index contributed by atoms with van der Waals surface area (Å²) < 4.78 is 6.51. The average molecular weight is 206 g/mol. The van der Waals surface area contributed by atoms with E-state index in [1.165, 1.54) is 6.26 Å². The summed E-state index contributed by atoms with van der Waals surface area (Å²) in [4.78, 5) is 15.4. The molecular formula is C9H10N4O2. The Morgan fingerprint density at radius 3 is 3.13 bits per heavy atom. The van der Waals surface area contributed by atoms with Crippen LogP contribution in [-0.4, -0.2) is 20.7 Å². The quantitative estimate of drug-likeness (QED) is 0.785. The summed E-state index contributed by atoms with van der Waals surface area (Å²) >= 11 is 0. The molecule has 1 amide bonds. The number of aromatic nitrogens is 3. The van der Waals surface area contributed by atoms with E-state index in [0.29, 0.717) is 12.4 Å². The molecule has 0 aliphatic heterocycles. The fourth-order valence-electron chi connectivity index (χ4n) is 1.12. The molecule has 2 aromatic rings. The number of aryl methyl sites for hydroxylation is 1. The minimum absolute atomic E-state index is 0.271. The number of hydrogen-bond acceptors (Lipinski definition) is 4. The standard InChI is InChI=1S/C9H10N4O2/c1-13-6-11-8(12-13)5-10-9(14)7-3-2-4-15-7/h2-4,6H,5H2,1H3,(H,10,14). The van der Waals surface area contributed by atoms with Crippen molar-refractivity contribution in [1.29, 1.82) is 0 Å². The van der Waals surface area contributed by atoms with Gasteiger partial charge >= 0.3 is 0 Å². The lowest BCUT2D eigenvalue weighted by molar-refractivity contribution is 0.0922. The highest BCUT2D eigenvalue weighted by Gasteiger charge is 2.08. The summed E-state index contributed by atoms with van der Waals surface area (Å²) in [5, 5.41) is 6.67. The molecule has 0 aliphatic rings. The van der Waals surface area contributed by atoms with Crippen LogP contribution in [0.4, 0.5) is 0 Å². The SMILES string of the molecule is Cn1cnc(CNC(=O)c2ccco2)n1. The van der Waals surface area contributed by atoms with Gasteiger partial charge < -0.3 is 9.73 Å². The Kier molecular flexibility index (Phi) is 2.49. The number of rotatable bonds is 3. The van der Waals surface area contributed by atoms with E-state index < -0.39 is 0 Å². The van der Waals surface area contributed by atoms with Crippen molar-refractivity contribution in [3.05, 3.63) is 36.3 Å². The first kappa shape index (κ1) is 9.45. The van der Waals surface area contributed by atoms with Crippen LogP contribution in [0.3, 0.4) is 0 Å². The maximum atomic E-state index is 11.4. The zero-order valence-corrected chi connectivity index (χ0v) is 8.17. The van der Waals surface area contributed by atoms with Gasteiger partial charge in [-0.2, -0.15) is 5.10 Å². The van der Waals surface area contributed by atoms with E-state index in [1.54, 1.807) is 30.2 Å². The van der Waals surface area contributed by atoms with E-state index in [4.69, 9.17) is 4.42 Å². The Bertz CT molecular complexity index is 446. The Labute approximate surface area is 85.9 Å². The van der Waals surface area contributed by atoms with Crippen LogP contribution in [0.2, 0.25) is 0 Å². The number of nitrogens with one attached hydrogen (secondary N) is 1. The molecule has 2 heterocycles. The molecule has 0 aliphatic carbocycles. The number of nitrogens with zero attached hydrogens (tertiary/aromatic N) is 3. The highest BCUT2D eigenvalue weighted by Crippen LogP contribution is 1.99. The highest BCUT2D eigenvalue weighted by atomic mass is 16.3.